The molecule has 3 saturated heterocycles. The fraction of sp³-hybridized carbons (Fsp3) is 0.500. The Balaban J connectivity index is 1.33. The van der Waals surface area contributed by atoms with Gasteiger partial charge in [-0.05, 0) is 55.5 Å². The van der Waals surface area contributed by atoms with E-state index in [0.29, 0.717) is 12.8 Å². The van der Waals surface area contributed by atoms with E-state index in [-0.39, 0.29) is 35.0 Å². The molecule has 0 aromatic heterocycles. The van der Waals surface area contributed by atoms with E-state index in [2.05, 4.69) is 88.0 Å². The minimum absolute atomic E-state index is 0.117. The zero-order chi connectivity index (χ0) is 23.9. The number of hydrogen-bond acceptors (Lipinski definition) is 4. The van der Waals surface area contributed by atoms with Crippen molar-refractivity contribution in [1.82, 2.24) is 9.80 Å². The highest BCUT2D eigenvalue weighted by Crippen LogP contribution is 2.59. The Morgan fingerprint density at radius 3 is 1.82 bits per heavy atom. The molecular weight excluding hydrogens is 424 g/mol. The Kier molecular flexibility index (Phi) is 3.57. The average molecular weight is 457 g/mol. The zero-order valence-corrected chi connectivity index (χ0v) is 20.8. The van der Waals surface area contributed by atoms with Gasteiger partial charge < -0.3 is 19.6 Å². The Bertz CT molecular complexity index is 1310. The third-order valence-electron chi connectivity index (χ3n) is 9.68. The van der Waals surface area contributed by atoms with E-state index < -0.39 is 12.1 Å². The van der Waals surface area contributed by atoms with Crippen LogP contribution >= 0.6 is 0 Å². The van der Waals surface area contributed by atoms with Crippen LogP contribution in [0, 0.1) is 13.8 Å². The predicted molar refractivity (Wildman–Crippen MR) is 132 cm³/mol. The number of likely N-dealkylation sites (N-methyl/N-ethyl adjacent to an activating group) is 2. The number of fused-ring (bicyclic) bond motifs is 10. The van der Waals surface area contributed by atoms with Gasteiger partial charge in [-0.3, -0.25) is 9.59 Å². The van der Waals surface area contributed by atoms with Crippen molar-refractivity contribution in [1.29, 1.82) is 0 Å². The third kappa shape index (κ3) is 2.06. The minimum atomic E-state index is -0.406. The maximum atomic E-state index is 14.2. The molecule has 0 spiro atoms. The second-order valence-electron chi connectivity index (χ2n) is 11.8. The first-order valence-electron chi connectivity index (χ1n) is 12.4. The van der Waals surface area contributed by atoms with Gasteiger partial charge in [0.1, 0.15) is 24.4 Å². The van der Waals surface area contributed by atoms with Gasteiger partial charge in [-0.1, -0.05) is 43.7 Å². The molecule has 6 heteroatoms. The lowest BCUT2D eigenvalue weighted by Gasteiger charge is -2.46. The largest absolute Gasteiger partial charge is 0.353 e. The van der Waals surface area contributed by atoms with Crippen LogP contribution in [0.25, 0.3) is 0 Å². The van der Waals surface area contributed by atoms with Crippen molar-refractivity contribution >= 4 is 23.2 Å². The second kappa shape index (κ2) is 5.96. The zero-order valence-electron chi connectivity index (χ0n) is 20.8. The van der Waals surface area contributed by atoms with E-state index in [1.807, 2.05) is 9.80 Å². The Hall–Kier alpha value is -3.02. The SMILES string of the molecule is Cc1ccc2c(c1)N(C)[C@H]1N3C(=O)[C@@H]4C[C@@]5(C)c6cc(C)ccc6N(C)[C@H]5N4C(=O)[C@@H]3C[C@@]21C. The summed E-state index contributed by atoms with van der Waals surface area (Å²) < 4.78 is 0. The summed E-state index contributed by atoms with van der Waals surface area (Å²) in [5.41, 5.74) is 6.81. The van der Waals surface area contributed by atoms with Crippen LogP contribution < -0.4 is 9.80 Å². The Labute approximate surface area is 201 Å². The van der Waals surface area contributed by atoms with Gasteiger partial charge in [0, 0.05) is 36.3 Å². The van der Waals surface area contributed by atoms with Crippen molar-refractivity contribution in [2.45, 2.75) is 75.8 Å². The van der Waals surface area contributed by atoms with Crippen molar-refractivity contribution in [3.8, 4) is 0 Å². The topological polar surface area (TPSA) is 47.1 Å². The molecule has 34 heavy (non-hydrogen) atoms. The maximum absolute atomic E-state index is 14.2. The Morgan fingerprint density at radius 1 is 0.706 bits per heavy atom. The van der Waals surface area contributed by atoms with Crippen LogP contribution in [0.15, 0.2) is 36.4 Å². The molecule has 6 atom stereocenters. The first kappa shape index (κ1) is 20.4. The maximum Gasteiger partial charge on any atom is 0.247 e. The van der Waals surface area contributed by atoms with E-state index >= 15 is 0 Å². The highest BCUT2D eigenvalue weighted by molar-refractivity contribution is 6.00. The van der Waals surface area contributed by atoms with Crippen LogP contribution in [0.2, 0.25) is 0 Å². The summed E-state index contributed by atoms with van der Waals surface area (Å²) in [5, 5.41) is 0. The van der Waals surface area contributed by atoms with Crippen molar-refractivity contribution < 1.29 is 9.59 Å². The lowest BCUT2D eigenvalue weighted by molar-refractivity contribution is -0.160. The van der Waals surface area contributed by atoms with Gasteiger partial charge in [-0.2, -0.15) is 0 Å². The van der Waals surface area contributed by atoms with Crippen LogP contribution in [0.3, 0.4) is 0 Å². The first-order chi connectivity index (χ1) is 16.1. The molecule has 5 aliphatic rings. The average Bonchev–Trinajstić information content (AvgIpc) is 3.41. The number of anilines is 2. The third-order valence-corrected chi connectivity index (χ3v) is 9.68. The van der Waals surface area contributed by atoms with E-state index in [1.54, 1.807) is 0 Å². The molecule has 5 aliphatic heterocycles. The second-order valence-corrected chi connectivity index (χ2v) is 11.8. The molecular formula is C28H32N4O2. The lowest BCUT2D eigenvalue weighted by Crippen LogP contribution is -2.67. The molecule has 0 saturated carbocycles. The predicted octanol–water partition coefficient (Wildman–Crippen LogP) is 3.29. The van der Waals surface area contributed by atoms with Crippen LogP contribution in [0.5, 0.6) is 0 Å². The van der Waals surface area contributed by atoms with Gasteiger partial charge in [-0.25, -0.2) is 0 Å². The summed E-state index contributed by atoms with van der Waals surface area (Å²) in [6.45, 7) is 8.70. The molecule has 0 unspecified atom stereocenters. The van der Waals surface area contributed by atoms with Gasteiger partial charge in [0.25, 0.3) is 0 Å². The van der Waals surface area contributed by atoms with Gasteiger partial charge in [-0.15, -0.1) is 0 Å². The highest BCUT2D eigenvalue weighted by atomic mass is 16.2. The normalized spacial score (nSPS) is 37.0. The molecule has 0 bridgehead atoms. The number of aryl methyl sites for hydroxylation is 2. The summed E-state index contributed by atoms with van der Waals surface area (Å²) in [5.74, 6) is 0.236. The van der Waals surface area contributed by atoms with Crippen molar-refractivity contribution in [3.05, 3.63) is 58.7 Å². The summed E-state index contributed by atoms with van der Waals surface area (Å²) in [7, 11) is 4.16. The van der Waals surface area contributed by atoms with Crippen LogP contribution in [0.1, 0.15) is 48.9 Å². The fourth-order valence-corrected chi connectivity index (χ4v) is 8.29. The van der Waals surface area contributed by atoms with Gasteiger partial charge >= 0.3 is 0 Å². The molecule has 2 amide bonds. The van der Waals surface area contributed by atoms with Gasteiger partial charge in [0.15, 0.2) is 0 Å². The van der Waals surface area contributed by atoms with Crippen molar-refractivity contribution in [2.75, 3.05) is 23.9 Å². The summed E-state index contributed by atoms with van der Waals surface area (Å²) in [4.78, 5) is 36.8. The molecule has 0 N–H and O–H groups in total. The molecule has 3 fully saturated rings. The molecule has 7 rings (SSSR count). The number of carbonyl (C=O) groups excluding carboxylic acids is 2. The molecule has 2 aromatic rings. The fourth-order valence-electron chi connectivity index (χ4n) is 8.29. The molecule has 0 aliphatic carbocycles. The summed E-state index contributed by atoms with van der Waals surface area (Å²) in [6, 6.07) is 12.3. The molecule has 176 valence electrons. The number of carbonyl (C=O) groups is 2. The highest BCUT2D eigenvalue weighted by Gasteiger charge is 2.69. The van der Waals surface area contributed by atoms with Crippen LogP contribution in [-0.2, 0) is 20.4 Å². The van der Waals surface area contributed by atoms with Crippen LogP contribution in [0.4, 0.5) is 11.4 Å². The standard InChI is InChI=1S/C28H32N4O2/c1-15-8-10-19-18(11-15)28(4)14-22-24(34)31-21(23(33)32(22)26(28)29(19)5)13-27(3)17-9-7-16(2)12-20(17)30(6)25(27)31/h7-12,21-22,25-26H,13-14H2,1-6H3/t21-,22-,25-,26-,27-,28-/m0/s1. The molecule has 0 radical (unpaired) electrons. The molecule has 2 aromatic carbocycles. The van der Waals surface area contributed by atoms with Gasteiger partial charge in [0.05, 0.1) is 0 Å². The first-order valence-corrected chi connectivity index (χ1v) is 12.4. The Morgan fingerprint density at radius 2 is 1.21 bits per heavy atom. The van der Waals surface area contributed by atoms with E-state index in [4.69, 9.17) is 0 Å². The number of rotatable bonds is 0. The molecule has 5 heterocycles. The van der Waals surface area contributed by atoms with E-state index in [1.165, 1.54) is 33.6 Å². The smallest absolute Gasteiger partial charge is 0.247 e. The summed E-state index contributed by atoms with van der Waals surface area (Å²) in [6.07, 6.45) is 1.11. The number of piperazine rings is 1. The summed E-state index contributed by atoms with van der Waals surface area (Å²) >= 11 is 0. The van der Waals surface area contributed by atoms with Crippen molar-refractivity contribution in [2.24, 2.45) is 0 Å². The number of amides is 2. The van der Waals surface area contributed by atoms with E-state index in [9.17, 15) is 9.59 Å². The minimum Gasteiger partial charge on any atom is -0.353 e. The van der Waals surface area contributed by atoms with Gasteiger partial charge in [0.2, 0.25) is 11.8 Å². The monoisotopic (exact) mass is 456 g/mol. The van der Waals surface area contributed by atoms with Crippen LogP contribution in [-0.4, -0.2) is 60.1 Å². The molecule has 6 nitrogen and oxygen atoms in total. The number of benzene rings is 2. The number of nitrogens with zero attached hydrogens (tertiary/aromatic N) is 4. The lowest BCUT2D eigenvalue weighted by atomic mass is 9.79. The number of hydrogen-bond donors (Lipinski definition) is 0. The van der Waals surface area contributed by atoms with Crippen molar-refractivity contribution in [3.63, 3.8) is 0 Å². The quantitative estimate of drug-likeness (QED) is 0.611. The van der Waals surface area contributed by atoms with E-state index in [0.717, 1.165) is 0 Å².